The predicted molar refractivity (Wildman–Crippen MR) is 125 cm³/mol. The van der Waals surface area contributed by atoms with E-state index in [4.69, 9.17) is 37.4 Å². The van der Waals surface area contributed by atoms with E-state index in [1.54, 1.807) is 71.6 Å². The molecule has 0 saturated carbocycles. The van der Waals surface area contributed by atoms with Crippen LogP contribution in [0.15, 0.2) is 66.7 Å². The van der Waals surface area contributed by atoms with Crippen LogP contribution in [0.3, 0.4) is 0 Å². The van der Waals surface area contributed by atoms with Crippen LogP contribution in [0.2, 0.25) is 10.0 Å². The summed E-state index contributed by atoms with van der Waals surface area (Å²) in [5.41, 5.74) is 1.69. The van der Waals surface area contributed by atoms with Gasteiger partial charge in [0.1, 0.15) is 30.5 Å². The number of carbonyl (C=O) groups excluding carboxylic acids is 2. The average molecular weight is 486 g/mol. The fraction of sp³-hybridized carbons (Fsp3) is 0.200. The van der Waals surface area contributed by atoms with Crippen molar-refractivity contribution in [2.75, 3.05) is 20.3 Å². The van der Waals surface area contributed by atoms with Gasteiger partial charge in [-0.1, -0.05) is 41.4 Å². The highest BCUT2D eigenvalue weighted by Crippen LogP contribution is 2.36. The highest BCUT2D eigenvalue weighted by molar-refractivity contribution is 6.42. The van der Waals surface area contributed by atoms with E-state index in [1.807, 2.05) is 0 Å². The van der Waals surface area contributed by atoms with Crippen LogP contribution in [0.5, 0.6) is 11.5 Å². The lowest BCUT2D eigenvalue weighted by atomic mass is 10.1. The molecule has 1 fully saturated rings. The van der Waals surface area contributed by atoms with Gasteiger partial charge in [-0.3, -0.25) is 9.59 Å². The number of methoxy groups -OCH3 is 1. The summed E-state index contributed by atoms with van der Waals surface area (Å²) in [5, 5.41) is 0.789. The molecular formula is C25H21Cl2NO5. The summed E-state index contributed by atoms with van der Waals surface area (Å²) >= 11 is 12.3. The van der Waals surface area contributed by atoms with E-state index in [-0.39, 0.29) is 12.5 Å². The summed E-state index contributed by atoms with van der Waals surface area (Å²) in [6, 6.07) is 19.0. The van der Waals surface area contributed by atoms with Gasteiger partial charge in [-0.15, -0.1) is 0 Å². The molecule has 33 heavy (non-hydrogen) atoms. The second kappa shape index (κ2) is 10.3. The normalized spacial score (nSPS) is 17.6. The minimum Gasteiger partial charge on any atom is -0.496 e. The van der Waals surface area contributed by atoms with Crippen LogP contribution in [0.25, 0.3) is 0 Å². The summed E-state index contributed by atoms with van der Waals surface area (Å²) in [7, 11) is 1.52. The van der Waals surface area contributed by atoms with E-state index in [0.717, 1.165) is 6.29 Å². The Hall–Kier alpha value is -3.06. The van der Waals surface area contributed by atoms with Crippen molar-refractivity contribution in [2.45, 2.75) is 12.3 Å². The molecule has 6 nitrogen and oxygen atoms in total. The molecule has 0 aliphatic carbocycles. The maximum absolute atomic E-state index is 13.5. The van der Waals surface area contributed by atoms with Crippen molar-refractivity contribution in [2.24, 2.45) is 0 Å². The molecule has 1 aliphatic rings. The van der Waals surface area contributed by atoms with Crippen LogP contribution in [-0.4, -0.2) is 43.5 Å². The van der Waals surface area contributed by atoms with E-state index >= 15 is 0 Å². The van der Waals surface area contributed by atoms with E-state index < -0.39 is 12.3 Å². The molecule has 2 atom stereocenters. The molecule has 170 valence electrons. The number of benzene rings is 3. The molecule has 0 bridgehead atoms. The van der Waals surface area contributed by atoms with E-state index in [9.17, 15) is 9.59 Å². The van der Waals surface area contributed by atoms with Crippen molar-refractivity contribution in [1.29, 1.82) is 0 Å². The molecule has 0 radical (unpaired) electrons. The molecule has 3 aromatic carbocycles. The molecule has 3 aromatic rings. The third kappa shape index (κ3) is 5.14. The monoisotopic (exact) mass is 485 g/mol. The number of amides is 1. The van der Waals surface area contributed by atoms with Crippen molar-refractivity contribution in [3.05, 3.63) is 93.5 Å². The van der Waals surface area contributed by atoms with E-state index in [2.05, 4.69) is 0 Å². The highest BCUT2D eigenvalue weighted by atomic mass is 35.5. The van der Waals surface area contributed by atoms with Crippen LogP contribution in [0.4, 0.5) is 0 Å². The number of para-hydroxylation sites is 1. The number of hydrogen-bond acceptors (Lipinski definition) is 5. The standard InChI is InChI=1S/C25H21Cl2NO5/c1-31-23-5-3-2-4-20(23)24(30)28-13-19(15-32-18-9-6-16(14-29)7-10-18)33-25(28)17-8-11-21(26)22(27)12-17/h2-12,14,19,25H,13,15H2,1H3. The SMILES string of the molecule is COc1ccccc1C(=O)N1CC(COc2ccc(C=O)cc2)OC1c1ccc(Cl)c(Cl)c1. The second-order valence-corrected chi connectivity index (χ2v) is 8.25. The van der Waals surface area contributed by atoms with Crippen LogP contribution in [0.1, 0.15) is 32.5 Å². The smallest absolute Gasteiger partial charge is 0.260 e. The van der Waals surface area contributed by atoms with Gasteiger partial charge >= 0.3 is 0 Å². The van der Waals surface area contributed by atoms with Gasteiger partial charge in [-0.25, -0.2) is 0 Å². The van der Waals surface area contributed by atoms with Crippen molar-refractivity contribution in [3.63, 3.8) is 0 Å². The van der Waals surface area contributed by atoms with Crippen LogP contribution in [0, 0.1) is 0 Å². The Labute approximate surface area is 201 Å². The highest BCUT2D eigenvalue weighted by Gasteiger charge is 2.38. The van der Waals surface area contributed by atoms with E-state index in [1.165, 1.54) is 7.11 Å². The maximum atomic E-state index is 13.5. The van der Waals surface area contributed by atoms with Gasteiger partial charge in [-0.05, 0) is 48.5 Å². The summed E-state index contributed by atoms with van der Waals surface area (Å²) < 4.78 is 17.4. The third-order valence-electron chi connectivity index (χ3n) is 5.28. The minimum atomic E-state index is -0.678. The Morgan fingerprint density at radius 3 is 2.55 bits per heavy atom. The number of hydrogen-bond donors (Lipinski definition) is 0. The first kappa shape index (κ1) is 23.1. The fourth-order valence-corrected chi connectivity index (χ4v) is 3.93. The van der Waals surface area contributed by atoms with Crippen LogP contribution < -0.4 is 9.47 Å². The number of carbonyl (C=O) groups is 2. The topological polar surface area (TPSA) is 65.1 Å². The first-order chi connectivity index (χ1) is 16.0. The molecule has 1 aliphatic heterocycles. The minimum absolute atomic E-state index is 0.216. The zero-order chi connectivity index (χ0) is 23.4. The van der Waals surface area contributed by atoms with Crippen molar-refractivity contribution in [1.82, 2.24) is 4.90 Å². The molecule has 8 heteroatoms. The van der Waals surface area contributed by atoms with Crippen molar-refractivity contribution >= 4 is 35.4 Å². The second-order valence-electron chi connectivity index (χ2n) is 7.44. The summed E-state index contributed by atoms with van der Waals surface area (Å²) in [5.74, 6) is 0.844. The van der Waals surface area contributed by atoms with Crippen molar-refractivity contribution < 1.29 is 23.8 Å². The molecular weight excluding hydrogens is 465 g/mol. The predicted octanol–water partition coefficient (Wildman–Crippen LogP) is 5.43. The number of halogens is 2. The summed E-state index contributed by atoms with van der Waals surface area (Å²) in [6.45, 7) is 0.516. The molecule has 1 saturated heterocycles. The van der Waals surface area contributed by atoms with Gasteiger partial charge in [0.05, 0.1) is 29.3 Å². The van der Waals surface area contributed by atoms with Gasteiger partial charge in [0.25, 0.3) is 5.91 Å². The number of rotatable bonds is 7. The van der Waals surface area contributed by atoms with Gasteiger partial charge < -0.3 is 19.1 Å². The molecule has 4 rings (SSSR count). The van der Waals surface area contributed by atoms with Crippen LogP contribution >= 0.6 is 23.2 Å². The Kier molecular flexibility index (Phi) is 7.18. The number of ether oxygens (including phenoxy) is 3. The Morgan fingerprint density at radius 2 is 1.85 bits per heavy atom. The van der Waals surface area contributed by atoms with Gasteiger partial charge in [0, 0.05) is 11.1 Å². The quantitative estimate of drug-likeness (QED) is 0.417. The molecule has 0 aromatic heterocycles. The summed E-state index contributed by atoms with van der Waals surface area (Å²) in [4.78, 5) is 25.9. The lowest BCUT2D eigenvalue weighted by Gasteiger charge is -2.24. The Bertz CT molecular complexity index is 1150. The lowest BCUT2D eigenvalue weighted by Crippen LogP contribution is -2.33. The molecule has 2 unspecified atom stereocenters. The molecule has 1 amide bonds. The third-order valence-corrected chi connectivity index (χ3v) is 6.02. The van der Waals surface area contributed by atoms with Gasteiger partial charge in [-0.2, -0.15) is 0 Å². The first-order valence-corrected chi connectivity index (χ1v) is 11.0. The first-order valence-electron chi connectivity index (χ1n) is 10.2. The molecule has 0 spiro atoms. The van der Waals surface area contributed by atoms with E-state index in [0.29, 0.717) is 44.8 Å². The Balaban J connectivity index is 1.58. The zero-order valence-electron chi connectivity index (χ0n) is 17.7. The average Bonchev–Trinajstić information content (AvgIpc) is 3.28. The Morgan fingerprint density at radius 1 is 1.09 bits per heavy atom. The van der Waals surface area contributed by atoms with Crippen molar-refractivity contribution in [3.8, 4) is 11.5 Å². The number of aldehydes is 1. The van der Waals surface area contributed by atoms with Gasteiger partial charge in [0.2, 0.25) is 0 Å². The fourth-order valence-electron chi connectivity index (χ4n) is 3.63. The largest absolute Gasteiger partial charge is 0.496 e. The van der Waals surface area contributed by atoms with Gasteiger partial charge in [0.15, 0.2) is 6.23 Å². The molecule has 0 N–H and O–H groups in total. The maximum Gasteiger partial charge on any atom is 0.260 e. The molecule has 1 heterocycles. The number of nitrogens with zero attached hydrogens (tertiary/aromatic N) is 1. The lowest BCUT2D eigenvalue weighted by molar-refractivity contribution is -0.0119. The summed E-state index contributed by atoms with van der Waals surface area (Å²) in [6.07, 6.45) is -0.301. The van der Waals surface area contributed by atoms with Crippen LogP contribution in [-0.2, 0) is 4.74 Å². The zero-order valence-corrected chi connectivity index (χ0v) is 19.3.